The Morgan fingerprint density at radius 1 is 1.48 bits per heavy atom. The second-order valence-electron chi connectivity index (χ2n) is 5.99. The Morgan fingerprint density at radius 2 is 2.26 bits per heavy atom. The molecule has 5 nitrogen and oxygen atoms in total. The van der Waals surface area contributed by atoms with Crippen molar-refractivity contribution in [3.05, 3.63) is 41.0 Å². The first-order chi connectivity index (χ1) is 11.0. The molecule has 23 heavy (non-hydrogen) atoms. The minimum atomic E-state index is -0.206. The van der Waals surface area contributed by atoms with E-state index in [4.69, 9.17) is 16.3 Å². The van der Waals surface area contributed by atoms with Crippen molar-refractivity contribution >= 4 is 23.3 Å². The van der Waals surface area contributed by atoms with Crippen molar-refractivity contribution in [3.63, 3.8) is 0 Å². The number of rotatable bonds is 6. The van der Waals surface area contributed by atoms with E-state index in [0.717, 1.165) is 5.56 Å². The first kappa shape index (κ1) is 15.9. The van der Waals surface area contributed by atoms with E-state index in [1.165, 1.54) is 12.8 Å². The summed E-state index contributed by atoms with van der Waals surface area (Å²) in [6, 6.07) is 7.44. The van der Waals surface area contributed by atoms with Crippen LogP contribution in [0.5, 0.6) is 5.75 Å². The zero-order valence-electron chi connectivity index (χ0n) is 13.3. The second-order valence-corrected chi connectivity index (χ2v) is 6.39. The summed E-state index contributed by atoms with van der Waals surface area (Å²) in [5.74, 6) is 1.80. The number of benzene rings is 1. The van der Waals surface area contributed by atoms with Crippen molar-refractivity contribution in [2.24, 2.45) is 5.92 Å². The van der Waals surface area contributed by atoms with Crippen molar-refractivity contribution in [2.45, 2.75) is 32.7 Å². The third-order valence-electron chi connectivity index (χ3n) is 4.13. The lowest BCUT2D eigenvalue weighted by Crippen LogP contribution is -2.23. The Bertz CT molecular complexity index is 710. The van der Waals surface area contributed by atoms with Crippen LogP contribution < -0.4 is 10.1 Å². The molecule has 1 aliphatic carbocycles. The fraction of sp³-hybridized carbons (Fsp3) is 0.412. The van der Waals surface area contributed by atoms with Gasteiger partial charge in [-0.25, -0.2) is 4.68 Å². The number of halogens is 1. The largest absolute Gasteiger partial charge is 0.484 e. The summed E-state index contributed by atoms with van der Waals surface area (Å²) in [6.07, 6.45) is 4.17. The van der Waals surface area contributed by atoms with Crippen molar-refractivity contribution in [1.29, 1.82) is 0 Å². The molecule has 1 aromatic carbocycles. The van der Waals surface area contributed by atoms with Gasteiger partial charge in [0.1, 0.15) is 11.6 Å². The van der Waals surface area contributed by atoms with E-state index in [1.54, 1.807) is 18.3 Å². The summed E-state index contributed by atoms with van der Waals surface area (Å²) in [5, 5.41) is 7.86. The molecule has 0 bridgehead atoms. The molecule has 0 aliphatic heterocycles. The summed E-state index contributed by atoms with van der Waals surface area (Å²) in [4.78, 5) is 12.1. The maximum absolute atomic E-state index is 12.1. The number of hydrogen-bond donors (Lipinski definition) is 1. The Balaban J connectivity index is 1.57. The summed E-state index contributed by atoms with van der Waals surface area (Å²) in [7, 11) is 0. The predicted octanol–water partition coefficient (Wildman–Crippen LogP) is 3.83. The van der Waals surface area contributed by atoms with E-state index in [2.05, 4.69) is 17.3 Å². The number of aromatic nitrogens is 2. The van der Waals surface area contributed by atoms with Crippen LogP contribution in [0.2, 0.25) is 5.02 Å². The minimum absolute atomic E-state index is 0.0515. The van der Waals surface area contributed by atoms with E-state index in [9.17, 15) is 4.79 Å². The molecular weight excluding hydrogens is 314 g/mol. The van der Waals surface area contributed by atoms with Crippen LogP contribution in [0.4, 0.5) is 5.82 Å². The third kappa shape index (κ3) is 3.85. The quantitative estimate of drug-likeness (QED) is 0.874. The van der Waals surface area contributed by atoms with Gasteiger partial charge in [0.15, 0.2) is 6.61 Å². The number of anilines is 1. The van der Waals surface area contributed by atoms with Crippen LogP contribution in [0.3, 0.4) is 0 Å². The summed E-state index contributed by atoms with van der Waals surface area (Å²) >= 11 is 5.97. The van der Waals surface area contributed by atoms with Gasteiger partial charge in [0.25, 0.3) is 5.91 Å². The number of amides is 1. The van der Waals surface area contributed by atoms with Gasteiger partial charge in [-0.3, -0.25) is 4.79 Å². The SMILES string of the molecule is Cc1cc(OCC(=O)Nc2ccnn2C(C)C2CC2)ccc1Cl. The smallest absolute Gasteiger partial charge is 0.263 e. The molecule has 1 aromatic heterocycles. The van der Waals surface area contributed by atoms with Gasteiger partial charge in [0.05, 0.1) is 12.2 Å². The molecule has 1 heterocycles. The molecule has 6 heteroatoms. The standard InChI is InChI=1S/C17H20ClN3O2/c1-11-9-14(5-6-15(11)18)23-10-17(22)20-16-7-8-19-21(16)12(2)13-3-4-13/h5-9,12-13H,3-4,10H2,1-2H3,(H,20,22). The number of aryl methyl sites for hydroxylation is 1. The highest BCUT2D eigenvalue weighted by Crippen LogP contribution is 2.40. The molecule has 0 radical (unpaired) electrons. The normalized spacial score (nSPS) is 15.3. The van der Waals surface area contributed by atoms with Crippen molar-refractivity contribution in [2.75, 3.05) is 11.9 Å². The Morgan fingerprint density at radius 3 is 2.96 bits per heavy atom. The summed E-state index contributed by atoms with van der Waals surface area (Å²) < 4.78 is 7.39. The van der Waals surface area contributed by atoms with E-state index < -0.39 is 0 Å². The fourth-order valence-electron chi connectivity index (χ4n) is 2.55. The molecule has 1 unspecified atom stereocenters. The van der Waals surface area contributed by atoms with Crippen LogP contribution in [0.25, 0.3) is 0 Å². The maximum atomic E-state index is 12.1. The molecule has 0 spiro atoms. The average Bonchev–Trinajstić information content (AvgIpc) is 3.28. The maximum Gasteiger partial charge on any atom is 0.263 e. The lowest BCUT2D eigenvalue weighted by atomic mass is 10.2. The molecule has 1 aliphatic rings. The van der Waals surface area contributed by atoms with Gasteiger partial charge in [-0.05, 0) is 56.4 Å². The van der Waals surface area contributed by atoms with E-state index in [-0.39, 0.29) is 12.5 Å². The molecule has 1 N–H and O–H groups in total. The molecule has 2 aromatic rings. The predicted molar refractivity (Wildman–Crippen MR) is 90.0 cm³/mol. The molecule has 1 saturated carbocycles. The van der Waals surface area contributed by atoms with Gasteiger partial charge in [-0.15, -0.1) is 0 Å². The molecule has 1 fully saturated rings. The number of carbonyl (C=O) groups excluding carboxylic acids is 1. The van der Waals surface area contributed by atoms with Gasteiger partial charge in [-0.1, -0.05) is 11.6 Å². The second kappa shape index (κ2) is 6.62. The lowest BCUT2D eigenvalue weighted by Gasteiger charge is -2.15. The molecule has 3 rings (SSSR count). The molecule has 1 atom stereocenters. The molecule has 1 amide bonds. The first-order valence-electron chi connectivity index (χ1n) is 7.77. The Labute approximate surface area is 140 Å². The van der Waals surface area contributed by atoms with Crippen LogP contribution in [-0.4, -0.2) is 22.3 Å². The topological polar surface area (TPSA) is 56.1 Å². The zero-order chi connectivity index (χ0) is 16.4. The van der Waals surface area contributed by atoms with Crippen molar-refractivity contribution in [1.82, 2.24) is 9.78 Å². The first-order valence-corrected chi connectivity index (χ1v) is 8.14. The zero-order valence-corrected chi connectivity index (χ0v) is 14.0. The fourth-order valence-corrected chi connectivity index (χ4v) is 2.67. The van der Waals surface area contributed by atoms with Gasteiger partial charge < -0.3 is 10.1 Å². The number of ether oxygens (including phenoxy) is 1. The monoisotopic (exact) mass is 333 g/mol. The highest BCUT2D eigenvalue weighted by Gasteiger charge is 2.30. The third-order valence-corrected chi connectivity index (χ3v) is 4.55. The van der Waals surface area contributed by atoms with E-state index >= 15 is 0 Å². The van der Waals surface area contributed by atoms with Gasteiger partial charge in [0, 0.05) is 11.1 Å². The highest BCUT2D eigenvalue weighted by molar-refractivity contribution is 6.31. The number of carbonyl (C=O) groups is 1. The van der Waals surface area contributed by atoms with Gasteiger partial charge in [0.2, 0.25) is 0 Å². The van der Waals surface area contributed by atoms with Crippen LogP contribution >= 0.6 is 11.6 Å². The highest BCUT2D eigenvalue weighted by atomic mass is 35.5. The van der Waals surface area contributed by atoms with Gasteiger partial charge in [-0.2, -0.15) is 5.10 Å². The molecule has 122 valence electrons. The van der Waals surface area contributed by atoms with Crippen molar-refractivity contribution < 1.29 is 9.53 Å². The van der Waals surface area contributed by atoms with Crippen molar-refractivity contribution in [3.8, 4) is 5.75 Å². The van der Waals surface area contributed by atoms with Crippen LogP contribution in [0.1, 0.15) is 31.4 Å². The number of nitrogens with one attached hydrogen (secondary N) is 1. The average molecular weight is 334 g/mol. The Hall–Kier alpha value is -2.01. The lowest BCUT2D eigenvalue weighted by molar-refractivity contribution is -0.118. The van der Waals surface area contributed by atoms with Crippen LogP contribution in [-0.2, 0) is 4.79 Å². The summed E-state index contributed by atoms with van der Waals surface area (Å²) in [6.45, 7) is 3.98. The minimum Gasteiger partial charge on any atom is -0.484 e. The molecular formula is C17H20ClN3O2. The van der Waals surface area contributed by atoms with Crippen LogP contribution in [0, 0.1) is 12.8 Å². The number of nitrogens with zero attached hydrogens (tertiary/aromatic N) is 2. The summed E-state index contributed by atoms with van der Waals surface area (Å²) in [5.41, 5.74) is 0.918. The number of hydrogen-bond acceptors (Lipinski definition) is 3. The van der Waals surface area contributed by atoms with E-state index in [0.29, 0.717) is 28.5 Å². The van der Waals surface area contributed by atoms with Gasteiger partial charge >= 0.3 is 0 Å². The van der Waals surface area contributed by atoms with Crippen LogP contribution in [0.15, 0.2) is 30.5 Å². The Kier molecular flexibility index (Phi) is 4.57. The molecule has 0 saturated heterocycles. The van der Waals surface area contributed by atoms with E-state index in [1.807, 2.05) is 23.7 Å².